The van der Waals surface area contributed by atoms with E-state index in [1.165, 1.54) is 31.7 Å². The fourth-order valence-corrected chi connectivity index (χ4v) is 2.06. The van der Waals surface area contributed by atoms with Crippen molar-refractivity contribution >= 4 is 33.9 Å². The molecule has 0 aliphatic heterocycles. The van der Waals surface area contributed by atoms with E-state index in [1.54, 1.807) is 12.1 Å². The molecule has 0 fully saturated rings. The third-order valence-corrected chi connectivity index (χ3v) is 3.14. The van der Waals surface area contributed by atoms with Crippen molar-refractivity contribution in [1.29, 1.82) is 0 Å². The number of halogens is 1. The van der Waals surface area contributed by atoms with E-state index in [0.717, 1.165) is 4.47 Å². The Hall–Kier alpha value is -2.61. The molecule has 22 heavy (non-hydrogen) atoms. The van der Waals surface area contributed by atoms with E-state index >= 15 is 0 Å². The molecule has 8 heteroatoms. The summed E-state index contributed by atoms with van der Waals surface area (Å²) in [5, 5.41) is 22.7. The number of carboxylic acid groups (broad SMARTS) is 1. The minimum absolute atomic E-state index is 0.0366. The number of carbonyl (C=O) groups is 1. The molecule has 2 aromatic rings. The highest BCUT2D eigenvalue weighted by Gasteiger charge is 2.08. The Morgan fingerprint density at radius 3 is 2.82 bits per heavy atom. The minimum Gasteiger partial charge on any atom is -0.504 e. The van der Waals surface area contributed by atoms with Crippen LogP contribution in [0.1, 0.15) is 15.9 Å². The van der Waals surface area contributed by atoms with Crippen LogP contribution < -0.4 is 10.2 Å². The molecular weight excluding hydrogens is 354 g/mol. The molecule has 0 atom stereocenters. The summed E-state index contributed by atoms with van der Waals surface area (Å²) >= 11 is 3.31. The lowest BCUT2D eigenvalue weighted by atomic mass is 10.2. The summed E-state index contributed by atoms with van der Waals surface area (Å²) in [7, 11) is 1.45. The largest absolute Gasteiger partial charge is 0.504 e. The van der Waals surface area contributed by atoms with Crippen LogP contribution >= 0.6 is 15.9 Å². The Kier molecular flexibility index (Phi) is 4.95. The molecule has 114 valence electrons. The Bertz CT molecular complexity index is 717. The van der Waals surface area contributed by atoms with E-state index in [4.69, 9.17) is 9.84 Å². The molecule has 0 aliphatic rings. The van der Waals surface area contributed by atoms with Crippen molar-refractivity contribution in [1.82, 2.24) is 4.98 Å². The molecule has 3 N–H and O–H groups in total. The van der Waals surface area contributed by atoms with Crippen LogP contribution in [0.3, 0.4) is 0 Å². The number of benzene rings is 1. The summed E-state index contributed by atoms with van der Waals surface area (Å²) in [4.78, 5) is 14.6. The number of aromatic hydroxyl groups is 1. The van der Waals surface area contributed by atoms with Crippen molar-refractivity contribution in [3.05, 3.63) is 46.1 Å². The third kappa shape index (κ3) is 3.73. The van der Waals surface area contributed by atoms with Crippen molar-refractivity contribution in [2.75, 3.05) is 12.5 Å². The summed E-state index contributed by atoms with van der Waals surface area (Å²) in [6.45, 7) is 0. The Labute approximate surface area is 134 Å². The van der Waals surface area contributed by atoms with Gasteiger partial charge in [-0.1, -0.05) is 15.9 Å². The quantitative estimate of drug-likeness (QED) is 0.555. The molecule has 0 saturated carbocycles. The molecule has 1 heterocycles. The highest BCUT2D eigenvalue weighted by atomic mass is 79.9. The van der Waals surface area contributed by atoms with E-state index in [0.29, 0.717) is 17.1 Å². The van der Waals surface area contributed by atoms with Crippen molar-refractivity contribution in [2.24, 2.45) is 5.10 Å². The van der Waals surface area contributed by atoms with Crippen LogP contribution in [0, 0.1) is 0 Å². The number of nitrogens with zero attached hydrogens (tertiary/aromatic N) is 2. The number of aromatic nitrogens is 1. The third-order valence-electron chi connectivity index (χ3n) is 2.68. The summed E-state index contributed by atoms with van der Waals surface area (Å²) in [5.41, 5.74) is 3.17. The van der Waals surface area contributed by atoms with Gasteiger partial charge in [0, 0.05) is 16.2 Å². The molecule has 0 unspecified atom stereocenters. The summed E-state index contributed by atoms with van der Waals surface area (Å²) in [5.74, 6) is -0.387. The average molecular weight is 366 g/mol. The second-order valence-corrected chi connectivity index (χ2v) is 5.07. The van der Waals surface area contributed by atoms with Gasteiger partial charge < -0.3 is 14.9 Å². The molecular formula is C14H12BrN3O4. The van der Waals surface area contributed by atoms with Crippen LogP contribution in [0.4, 0.5) is 5.82 Å². The Balaban J connectivity index is 2.12. The first-order chi connectivity index (χ1) is 10.5. The number of hydrogen-bond acceptors (Lipinski definition) is 6. The SMILES string of the molecule is COc1cc(Br)cc(/C=N/Nc2ccc(C(=O)O)cn2)c1O. The normalized spacial score (nSPS) is 10.6. The van der Waals surface area contributed by atoms with Gasteiger partial charge in [-0.25, -0.2) is 9.78 Å². The minimum atomic E-state index is -1.05. The number of pyridine rings is 1. The van der Waals surface area contributed by atoms with Crippen LogP contribution in [0.15, 0.2) is 40.0 Å². The summed E-state index contributed by atoms with van der Waals surface area (Å²) < 4.78 is 5.77. The van der Waals surface area contributed by atoms with Gasteiger partial charge in [-0.05, 0) is 24.3 Å². The number of anilines is 1. The zero-order valence-corrected chi connectivity index (χ0v) is 13.0. The lowest BCUT2D eigenvalue weighted by Crippen LogP contribution is -1.99. The molecule has 1 aromatic carbocycles. The fourth-order valence-electron chi connectivity index (χ4n) is 1.60. The predicted octanol–water partition coefficient (Wildman–Crippen LogP) is 2.70. The van der Waals surface area contributed by atoms with E-state index in [1.807, 2.05) is 0 Å². The first-order valence-corrected chi connectivity index (χ1v) is 6.85. The van der Waals surface area contributed by atoms with Crippen molar-refractivity contribution < 1.29 is 19.7 Å². The Morgan fingerprint density at radius 2 is 2.23 bits per heavy atom. The van der Waals surface area contributed by atoms with Gasteiger partial charge in [-0.3, -0.25) is 5.43 Å². The predicted molar refractivity (Wildman–Crippen MR) is 84.8 cm³/mol. The number of rotatable bonds is 5. The van der Waals surface area contributed by atoms with Crippen LogP contribution in [-0.2, 0) is 0 Å². The second-order valence-electron chi connectivity index (χ2n) is 4.15. The first kappa shape index (κ1) is 15.8. The maximum Gasteiger partial charge on any atom is 0.337 e. The summed E-state index contributed by atoms with van der Waals surface area (Å²) in [6.07, 6.45) is 2.62. The van der Waals surface area contributed by atoms with E-state index < -0.39 is 5.97 Å². The monoisotopic (exact) mass is 365 g/mol. The maximum absolute atomic E-state index is 10.7. The van der Waals surface area contributed by atoms with Crippen LogP contribution in [0.2, 0.25) is 0 Å². The smallest absolute Gasteiger partial charge is 0.337 e. The molecule has 0 radical (unpaired) electrons. The number of hydrogen-bond donors (Lipinski definition) is 3. The van der Waals surface area contributed by atoms with Gasteiger partial charge in [0.2, 0.25) is 0 Å². The van der Waals surface area contributed by atoms with Gasteiger partial charge in [0.25, 0.3) is 0 Å². The number of carboxylic acids is 1. The average Bonchev–Trinajstić information content (AvgIpc) is 2.50. The topological polar surface area (TPSA) is 104 Å². The standard InChI is InChI=1S/C14H12BrN3O4/c1-22-11-5-10(15)4-9(13(11)19)7-17-18-12-3-2-8(6-16-12)14(20)21/h2-7,19H,1H3,(H,16,18)(H,20,21)/b17-7+. The molecule has 0 spiro atoms. The number of phenolic OH excluding ortho intramolecular Hbond substituents is 1. The lowest BCUT2D eigenvalue weighted by molar-refractivity contribution is 0.0696. The van der Waals surface area contributed by atoms with Gasteiger partial charge in [0.05, 0.1) is 18.9 Å². The zero-order chi connectivity index (χ0) is 16.1. The van der Waals surface area contributed by atoms with E-state index in [-0.39, 0.29) is 11.3 Å². The number of aromatic carboxylic acids is 1. The highest BCUT2D eigenvalue weighted by Crippen LogP contribution is 2.32. The van der Waals surface area contributed by atoms with Gasteiger partial charge in [-0.2, -0.15) is 5.10 Å². The fraction of sp³-hybridized carbons (Fsp3) is 0.0714. The summed E-state index contributed by atoms with van der Waals surface area (Å²) in [6, 6.07) is 6.20. The molecule has 0 amide bonds. The second kappa shape index (κ2) is 6.90. The van der Waals surface area contributed by atoms with Crippen molar-refractivity contribution in [3.63, 3.8) is 0 Å². The van der Waals surface area contributed by atoms with E-state index in [2.05, 4.69) is 31.4 Å². The van der Waals surface area contributed by atoms with Gasteiger partial charge in [-0.15, -0.1) is 0 Å². The molecule has 7 nitrogen and oxygen atoms in total. The Morgan fingerprint density at radius 1 is 1.45 bits per heavy atom. The highest BCUT2D eigenvalue weighted by molar-refractivity contribution is 9.10. The van der Waals surface area contributed by atoms with Crippen molar-refractivity contribution in [3.8, 4) is 11.5 Å². The molecule has 1 aromatic heterocycles. The van der Waals surface area contributed by atoms with Crippen LogP contribution in [-0.4, -0.2) is 34.5 Å². The first-order valence-electron chi connectivity index (χ1n) is 6.06. The van der Waals surface area contributed by atoms with Crippen LogP contribution in [0.5, 0.6) is 11.5 Å². The van der Waals surface area contributed by atoms with Gasteiger partial charge in [0.1, 0.15) is 5.82 Å². The van der Waals surface area contributed by atoms with E-state index in [9.17, 15) is 9.90 Å². The lowest BCUT2D eigenvalue weighted by Gasteiger charge is -2.06. The van der Waals surface area contributed by atoms with Gasteiger partial charge >= 0.3 is 5.97 Å². The van der Waals surface area contributed by atoms with Crippen molar-refractivity contribution in [2.45, 2.75) is 0 Å². The molecule has 0 saturated heterocycles. The number of methoxy groups -OCH3 is 1. The van der Waals surface area contributed by atoms with Gasteiger partial charge in [0.15, 0.2) is 11.5 Å². The number of ether oxygens (including phenoxy) is 1. The molecule has 2 rings (SSSR count). The zero-order valence-electron chi connectivity index (χ0n) is 11.4. The molecule has 0 aliphatic carbocycles. The molecule has 0 bridgehead atoms. The number of phenols is 1. The number of nitrogens with one attached hydrogen (secondary N) is 1. The maximum atomic E-state index is 10.7. The number of hydrazone groups is 1. The van der Waals surface area contributed by atoms with Crippen LogP contribution in [0.25, 0.3) is 0 Å².